The summed E-state index contributed by atoms with van der Waals surface area (Å²) in [5.41, 5.74) is 1.21. The summed E-state index contributed by atoms with van der Waals surface area (Å²) < 4.78 is 16.1. The van der Waals surface area contributed by atoms with Crippen LogP contribution in [0.3, 0.4) is 0 Å². The van der Waals surface area contributed by atoms with E-state index in [1.54, 1.807) is 21.3 Å². The van der Waals surface area contributed by atoms with Crippen LogP contribution in [0.2, 0.25) is 0 Å². The number of likely N-dealkylation sites (N-methyl/N-ethyl adjacent to an activating group) is 1. The largest absolute Gasteiger partial charge is 0.493 e. The monoisotopic (exact) mass is 265 g/mol. The Bertz CT molecular complexity index is 404. The first-order valence-corrected chi connectivity index (χ1v) is 6.68. The predicted octanol–water partition coefficient (Wildman–Crippen LogP) is 2.35. The molecule has 0 unspecified atom stereocenters. The zero-order chi connectivity index (χ0) is 13.8. The second kappa shape index (κ2) is 6.15. The average Bonchev–Trinajstić information content (AvgIpc) is 3.27. The Hall–Kier alpha value is -1.42. The summed E-state index contributed by atoms with van der Waals surface area (Å²) in [7, 11) is 7.12. The Morgan fingerprint density at radius 2 is 1.63 bits per heavy atom. The molecule has 4 nitrogen and oxygen atoms in total. The standard InChI is InChI=1S/C15H23NO3/c1-16(12-5-6-12)8-7-11-9-13(17-2)15(19-4)14(10-11)18-3/h9-10,12H,5-8H2,1-4H3. The normalized spacial score (nSPS) is 14.6. The quantitative estimate of drug-likeness (QED) is 0.757. The van der Waals surface area contributed by atoms with E-state index in [1.165, 1.54) is 18.4 Å². The topological polar surface area (TPSA) is 30.9 Å². The molecule has 0 atom stereocenters. The van der Waals surface area contributed by atoms with Gasteiger partial charge in [-0.05, 0) is 44.0 Å². The van der Waals surface area contributed by atoms with Gasteiger partial charge in [0.05, 0.1) is 21.3 Å². The molecular formula is C15H23NO3. The predicted molar refractivity (Wildman–Crippen MR) is 75.5 cm³/mol. The Morgan fingerprint density at radius 1 is 1.05 bits per heavy atom. The smallest absolute Gasteiger partial charge is 0.203 e. The van der Waals surface area contributed by atoms with E-state index in [0.29, 0.717) is 5.75 Å². The van der Waals surface area contributed by atoms with Crippen LogP contribution in [-0.2, 0) is 6.42 Å². The van der Waals surface area contributed by atoms with Crippen molar-refractivity contribution in [3.05, 3.63) is 17.7 Å². The highest BCUT2D eigenvalue weighted by Crippen LogP contribution is 2.38. The summed E-state index contributed by atoms with van der Waals surface area (Å²) in [4.78, 5) is 2.42. The summed E-state index contributed by atoms with van der Waals surface area (Å²) in [6.07, 6.45) is 3.67. The lowest BCUT2D eigenvalue weighted by atomic mass is 10.1. The number of nitrogens with zero attached hydrogens (tertiary/aromatic N) is 1. The van der Waals surface area contributed by atoms with Crippen molar-refractivity contribution in [3.8, 4) is 17.2 Å². The maximum absolute atomic E-state index is 5.37. The van der Waals surface area contributed by atoms with Crippen LogP contribution in [0.1, 0.15) is 18.4 Å². The zero-order valence-corrected chi connectivity index (χ0v) is 12.2. The van der Waals surface area contributed by atoms with E-state index in [0.717, 1.165) is 30.5 Å². The lowest BCUT2D eigenvalue weighted by Crippen LogP contribution is -2.23. The summed E-state index contributed by atoms with van der Waals surface area (Å²) in [5, 5.41) is 0. The molecule has 0 aliphatic heterocycles. The molecule has 0 radical (unpaired) electrons. The molecule has 19 heavy (non-hydrogen) atoms. The number of benzene rings is 1. The summed E-state index contributed by atoms with van der Waals surface area (Å²) in [6, 6.07) is 4.85. The third kappa shape index (κ3) is 3.32. The molecule has 0 bridgehead atoms. The third-order valence-corrected chi connectivity index (χ3v) is 3.65. The van der Waals surface area contributed by atoms with Crippen molar-refractivity contribution < 1.29 is 14.2 Å². The number of methoxy groups -OCH3 is 3. The zero-order valence-electron chi connectivity index (χ0n) is 12.2. The molecule has 0 N–H and O–H groups in total. The van der Waals surface area contributed by atoms with Gasteiger partial charge < -0.3 is 19.1 Å². The minimum atomic E-state index is 0.657. The van der Waals surface area contributed by atoms with E-state index in [4.69, 9.17) is 14.2 Å². The van der Waals surface area contributed by atoms with Gasteiger partial charge in [-0.2, -0.15) is 0 Å². The van der Waals surface area contributed by atoms with Crippen LogP contribution in [0.5, 0.6) is 17.2 Å². The van der Waals surface area contributed by atoms with E-state index in [-0.39, 0.29) is 0 Å². The average molecular weight is 265 g/mol. The molecule has 1 saturated carbocycles. The van der Waals surface area contributed by atoms with Gasteiger partial charge in [-0.15, -0.1) is 0 Å². The van der Waals surface area contributed by atoms with Gasteiger partial charge in [-0.1, -0.05) is 0 Å². The fourth-order valence-corrected chi connectivity index (χ4v) is 2.28. The van der Waals surface area contributed by atoms with Crippen LogP contribution in [0.25, 0.3) is 0 Å². The first-order chi connectivity index (χ1) is 9.19. The van der Waals surface area contributed by atoms with Crippen molar-refractivity contribution >= 4 is 0 Å². The molecule has 0 aromatic heterocycles. The fraction of sp³-hybridized carbons (Fsp3) is 0.600. The van der Waals surface area contributed by atoms with Gasteiger partial charge >= 0.3 is 0 Å². The van der Waals surface area contributed by atoms with Gasteiger partial charge in [0.15, 0.2) is 11.5 Å². The molecule has 1 aliphatic rings. The van der Waals surface area contributed by atoms with Gasteiger partial charge in [0, 0.05) is 12.6 Å². The van der Waals surface area contributed by atoms with Crippen LogP contribution in [0, 0.1) is 0 Å². The second-order valence-electron chi connectivity index (χ2n) is 5.00. The summed E-state index contributed by atoms with van der Waals surface area (Å²) in [5.74, 6) is 2.11. The van der Waals surface area contributed by atoms with E-state index < -0.39 is 0 Å². The number of hydrogen-bond acceptors (Lipinski definition) is 4. The Kier molecular flexibility index (Phi) is 4.53. The first-order valence-electron chi connectivity index (χ1n) is 6.68. The Labute approximate surface area is 115 Å². The summed E-state index contributed by atoms with van der Waals surface area (Å²) >= 11 is 0. The van der Waals surface area contributed by atoms with Gasteiger partial charge in [0.1, 0.15) is 0 Å². The molecule has 1 aromatic rings. The minimum Gasteiger partial charge on any atom is -0.493 e. The molecule has 0 amide bonds. The van der Waals surface area contributed by atoms with Gasteiger partial charge in [-0.3, -0.25) is 0 Å². The molecule has 0 heterocycles. The molecule has 1 aromatic carbocycles. The number of rotatable bonds is 7. The van der Waals surface area contributed by atoms with E-state index in [2.05, 4.69) is 11.9 Å². The van der Waals surface area contributed by atoms with E-state index in [1.807, 2.05) is 12.1 Å². The molecular weight excluding hydrogens is 242 g/mol. The number of hydrogen-bond donors (Lipinski definition) is 0. The number of ether oxygens (including phenoxy) is 3. The Morgan fingerprint density at radius 3 is 2.05 bits per heavy atom. The minimum absolute atomic E-state index is 0.657. The Balaban J connectivity index is 2.11. The van der Waals surface area contributed by atoms with Gasteiger partial charge in [-0.25, -0.2) is 0 Å². The lowest BCUT2D eigenvalue weighted by molar-refractivity contribution is 0.319. The van der Waals surface area contributed by atoms with Crippen molar-refractivity contribution in [1.29, 1.82) is 0 Å². The molecule has 106 valence electrons. The lowest BCUT2D eigenvalue weighted by Gasteiger charge is -2.17. The molecule has 0 saturated heterocycles. The fourth-order valence-electron chi connectivity index (χ4n) is 2.28. The van der Waals surface area contributed by atoms with Crippen LogP contribution < -0.4 is 14.2 Å². The van der Waals surface area contributed by atoms with E-state index >= 15 is 0 Å². The first kappa shape index (κ1) is 14.0. The van der Waals surface area contributed by atoms with Crippen LogP contribution in [0.15, 0.2) is 12.1 Å². The SMILES string of the molecule is COc1cc(CCN(C)C2CC2)cc(OC)c1OC. The molecule has 1 fully saturated rings. The van der Waals surface area contributed by atoms with Crippen LogP contribution >= 0.6 is 0 Å². The maximum Gasteiger partial charge on any atom is 0.203 e. The van der Waals surface area contributed by atoms with Crippen molar-refractivity contribution in [2.75, 3.05) is 34.9 Å². The van der Waals surface area contributed by atoms with Crippen molar-refractivity contribution in [2.24, 2.45) is 0 Å². The van der Waals surface area contributed by atoms with Crippen LogP contribution in [0.4, 0.5) is 0 Å². The van der Waals surface area contributed by atoms with Crippen LogP contribution in [-0.4, -0.2) is 45.9 Å². The van der Waals surface area contributed by atoms with E-state index in [9.17, 15) is 0 Å². The molecule has 1 aliphatic carbocycles. The van der Waals surface area contributed by atoms with Crippen molar-refractivity contribution in [2.45, 2.75) is 25.3 Å². The highest BCUT2D eigenvalue weighted by molar-refractivity contribution is 5.53. The maximum atomic E-state index is 5.37. The van der Waals surface area contributed by atoms with Crippen molar-refractivity contribution in [3.63, 3.8) is 0 Å². The van der Waals surface area contributed by atoms with Gasteiger partial charge in [0.25, 0.3) is 0 Å². The highest BCUT2D eigenvalue weighted by Gasteiger charge is 2.25. The molecule has 2 rings (SSSR count). The molecule has 0 spiro atoms. The van der Waals surface area contributed by atoms with Gasteiger partial charge in [0.2, 0.25) is 5.75 Å². The van der Waals surface area contributed by atoms with Crippen molar-refractivity contribution in [1.82, 2.24) is 4.90 Å². The molecule has 4 heteroatoms. The third-order valence-electron chi connectivity index (χ3n) is 3.65. The highest BCUT2D eigenvalue weighted by atomic mass is 16.5. The second-order valence-corrected chi connectivity index (χ2v) is 5.00. The summed E-state index contributed by atoms with van der Waals surface area (Å²) in [6.45, 7) is 1.06.